The van der Waals surface area contributed by atoms with Crippen molar-refractivity contribution in [3.8, 4) is 5.75 Å². The van der Waals surface area contributed by atoms with Gasteiger partial charge in [0.05, 0.1) is 12.6 Å². The van der Waals surface area contributed by atoms with Crippen molar-refractivity contribution in [1.29, 1.82) is 0 Å². The molecular weight excluding hydrogens is 200 g/mol. The fourth-order valence-electron chi connectivity index (χ4n) is 1.38. The van der Waals surface area contributed by atoms with E-state index in [9.17, 15) is 8.78 Å². The predicted molar refractivity (Wildman–Crippen MR) is 55.4 cm³/mol. The van der Waals surface area contributed by atoms with E-state index in [0.29, 0.717) is 17.9 Å². The van der Waals surface area contributed by atoms with Crippen molar-refractivity contribution in [1.82, 2.24) is 5.32 Å². The first-order valence-corrected chi connectivity index (χ1v) is 4.87. The van der Waals surface area contributed by atoms with Crippen molar-refractivity contribution in [2.45, 2.75) is 19.4 Å². The molecule has 0 aliphatic heterocycles. The Bertz CT molecular complexity index is 287. The Labute approximate surface area is 88.3 Å². The molecule has 4 heteroatoms. The minimum atomic E-state index is -2.41. The molecule has 1 rings (SSSR count). The Morgan fingerprint density at radius 3 is 2.27 bits per heavy atom. The highest BCUT2D eigenvalue weighted by molar-refractivity contribution is 5.29. The topological polar surface area (TPSA) is 21.3 Å². The minimum absolute atomic E-state index is 0.566. The van der Waals surface area contributed by atoms with Crippen molar-refractivity contribution in [3.05, 3.63) is 29.8 Å². The molecule has 84 valence electrons. The third kappa shape index (κ3) is 3.16. The number of nitrogens with one attached hydrogen (secondary N) is 1. The van der Waals surface area contributed by atoms with Gasteiger partial charge in [0.25, 0.3) is 6.43 Å². The lowest BCUT2D eigenvalue weighted by molar-refractivity contribution is 0.102. The van der Waals surface area contributed by atoms with Gasteiger partial charge in [-0.1, -0.05) is 12.1 Å². The fraction of sp³-hybridized carbons (Fsp3) is 0.455. The maximum Gasteiger partial charge on any atom is 0.257 e. The molecule has 0 aliphatic carbocycles. The molecular formula is C11H15F2NO. The summed E-state index contributed by atoms with van der Waals surface area (Å²) in [7, 11) is 1.52. The standard InChI is InChI=1S/C11H15F2NO/c1-3-15-9-6-4-8(5-7-9)10(14-2)11(12)13/h4-7,10-11,14H,3H2,1-2H3. The molecule has 0 amide bonds. The molecule has 2 nitrogen and oxygen atoms in total. The first kappa shape index (κ1) is 11.9. The van der Waals surface area contributed by atoms with Gasteiger partial charge in [-0.25, -0.2) is 8.78 Å². The van der Waals surface area contributed by atoms with E-state index in [1.54, 1.807) is 24.3 Å². The SMILES string of the molecule is CCOc1ccc(C(NC)C(F)F)cc1. The van der Waals surface area contributed by atoms with Crippen LogP contribution < -0.4 is 10.1 Å². The molecule has 1 aromatic carbocycles. The lowest BCUT2D eigenvalue weighted by atomic mass is 10.1. The van der Waals surface area contributed by atoms with Gasteiger partial charge >= 0.3 is 0 Å². The second-order valence-electron chi connectivity index (χ2n) is 3.10. The summed E-state index contributed by atoms with van der Waals surface area (Å²) in [5.74, 6) is 0.699. The predicted octanol–water partition coefficient (Wildman–Crippen LogP) is 2.61. The van der Waals surface area contributed by atoms with E-state index < -0.39 is 12.5 Å². The largest absolute Gasteiger partial charge is 0.494 e. The highest BCUT2D eigenvalue weighted by Crippen LogP contribution is 2.22. The van der Waals surface area contributed by atoms with Gasteiger partial charge in [0.15, 0.2) is 0 Å². The minimum Gasteiger partial charge on any atom is -0.494 e. The number of halogens is 2. The maximum absolute atomic E-state index is 12.5. The lowest BCUT2D eigenvalue weighted by Crippen LogP contribution is -2.23. The first-order valence-electron chi connectivity index (χ1n) is 4.87. The summed E-state index contributed by atoms with van der Waals surface area (Å²) >= 11 is 0. The first-order chi connectivity index (χ1) is 7.19. The van der Waals surface area contributed by atoms with Crippen LogP contribution in [0.2, 0.25) is 0 Å². The Hall–Kier alpha value is -1.16. The zero-order valence-corrected chi connectivity index (χ0v) is 8.84. The Morgan fingerprint density at radius 1 is 1.27 bits per heavy atom. The summed E-state index contributed by atoms with van der Waals surface area (Å²) in [5.41, 5.74) is 0.566. The van der Waals surface area contributed by atoms with Crippen LogP contribution in [-0.2, 0) is 0 Å². The second-order valence-corrected chi connectivity index (χ2v) is 3.10. The van der Waals surface area contributed by atoms with Crippen molar-refractivity contribution < 1.29 is 13.5 Å². The molecule has 0 radical (unpaired) electrons. The summed E-state index contributed by atoms with van der Waals surface area (Å²) in [5, 5.41) is 2.58. The van der Waals surface area contributed by atoms with Crippen LogP contribution in [0.15, 0.2) is 24.3 Å². The van der Waals surface area contributed by atoms with E-state index >= 15 is 0 Å². The fourth-order valence-corrected chi connectivity index (χ4v) is 1.38. The molecule has 1 unspecified atom stereocenters. The van der Waals surface area contributed by atoms with Gasteiger partial charge in [0.1, 0.15) is 5.75 Å². The van der Waals surface area contributed by atoms with Gasteiger partial charge in [-0.3, -0.25) is 0 Å². The quantitative estimate of drug-likeness (QED) is 0.815. The van der Waals surface area contributed by atoms with E-state index in [4.69, 9.17) is 4.74 Å². The molecule has 0 saturated carbocycles. The molecule has 15 heavy (non-hydrogen) atoms. The molecule has 0 aromatic heterocycles. The summed E-state index contributed by atoms with van der Waals surface area (Å²) in [6.07, 6.45) is -2.41. The third-order valence-corrected chi connectivity index (χ3v) is 2.11. The average Bonchev–Trinajstić information content (AvgIpc) is 2.21. The number of ether oxygens (including phenoxy) is 1. The van der Waals surface area contributed by atoms with Crippen molar-refractivity contribution >= 4 is 0 Å². The molecule has 0 heterocycles. The van der Waals surface area contributed by atoms with Crippen LogP contribution in [0.25, 0.3) is 0 Å². The number of rotatable bonds is 5. The maximum atomic E-state index is 12.5. The van der Waals surface area contributed by atoms with E-state index in [-0.39, 0.29) is 0 Å². The highest BCUT2D eigenvalue weighted by atomic mass is 19.3. The highest BCUT2D eigenvalue weighted by Gasteiger charge is 2.19. The van der Waals surface area contributed by atoms with Crippen LogP contribution in [0.4, 0.5) is 8.78 Å². The number of hydrogen-bond donors (Lipinski definition) is 1. The lowest BCUT2D eigenvalue weighted by Gasteiger charge is -2.15. The van der Waals surface area contributed by atoms with Crippen molar-refractivity contribution in [3.63, 3.8) is 0 Å². The third-order valence-electron chi connectivity index (χ3n) is 2.11. The van der Waals surface area contributed by atoms with Crippen molar-refractivity contribution in [2.75, 3.05) is 13.7 Å². The molecule has 0 aliphatic rings. The Kier molecular flexibility index (Phi) is 4.49. The normalized spacial score (nSPS) is 12.9. The van der Waals surface area contributed by atoms with Crippen molar-refractivity contribution in [2.24, 2.45) is 0 Å². The zero-order valence-electron chi connectivity index (χ0n) is 8.84. The second kappa shape index (κ2) is 5.66. The molecule has 1 atom stereocenters. The number of hydrogen-bond acceptors (Lipinski definition) is 2. The summed E-state index contributed by atoms with van der Waals surface area (Å²) in [6.45, 7) is 2.45. The smallest absolute Gasteiger partial charge is 0.257 e. The molecule has 1 aromatic rings. The summed E-state index contributed by atoms with van der Waals surface area (Å²) in [6, 6.07) is 5.79. The van der Waals surface area contributed by atoms with E-state index in [0.717, 1.165) is 0 Å². The van der Waals surface area contributed by atoms with E-state index in [2.05, 4.69) is 5.32 Å². The van der Waals surface area contributed by atoms with Gasteiger partial charge < -0.3 is 10.1 Å². The molecule has 0 saturated heterocycles. The number of benzene rings is 1. The Balaban J connectivity index is 2.77. The summed E-state index contributed by atoms with van der Waals surface area (Å²) in [4.78, 5) is 0. The zero-order chi connectivity index (χ0) is 11.3. The van der Waals surface area contributed by atoms with Crippen LogP contribution >= 0.6 is 0 Å². The van der Waals surface area contributed by atoms with E-state index in [1.165, 1.54) is 7.05 Å². The average molecular weight is 215 g/mol. The molecule has 1 N–H and O–H groups in total. The van der Waals surface area contributed by atoms with Gasteiger partial charge in [0, 0.05) is 0 Å². The van der Waals surface area contributed by atoms with Crippen LogP contribution in [0.1, 0.15) is 18.5 Å². The van der Waals surface area contributed by atoms with Gasteiger partial charge in [-0.2, -0.15) is 0 Å². The van der Waals surface area contributed by atoms with Crippen LogP contribution in [0, 0.1) is 0 Å². The van der Waals surface area contributed by atoms with Gasteiger partial charge in [0.2, 0.25) is 0 Å². The molecule has 0 bridgehead atoms. The monoisotopic (exact) mass is 215 g/mol. The van der Waals surface area contributed by atoms with Gasteiger partial charge in [-0.05, 0) is 31.7 Å². The van der Waals surface area contributed by atoms with Crippen LogP contribution in [0.5, 0.6) is 5.75 Å². The summed E-state index contributed by atoms with van der Waals surface area (Å²) < 4.78 is 30.3. The molecule has 0 fully saturated rings. The molecule has 0 spiro atoms. The number of alkyl halides is 2. The van der Waals surface area contributed by atoms with Crippen LogP contribution in [-0.4, -0.2) is 20.1 Å². The van der Waals surface area contributed by atoms with Crippen LogP contribution in [0.3, 0.4) is 0 Å². The Morgan fingerprint density at radius 2 is 1.87 bits per heavy atom. The van der Waals surface area contributed by atoms with Gasteiger partial charge in [-0.15, -0.1) is 0 Å². The van der Waals surface area contributed by atoms with E-state index in [1.807, 2.05) is 6.92 Å².